The summed E-state index contributed by atoms with van der Waals surface area (Å²) in [5, 5.41) is 9.74. The Bertz CT molecular complexity index is 876. The number of amides is 1. The van der Waals surface area contributed by atoms with Crippen molar-refractivity contribution >= 4 is 11.6 Å². The topological polar surface area (TPSA) is 62.2 Å². The van der Waals surface area contributed by atoms with Crippen molar-refractivity contribution in [2.45, 2.75) is 45.1 Å². The highest BCUT2D eigenvalue weighted by molar-refractivity contribution is 6.07. The molecule has 6 nitrogen and oxygen atoms in total. The first-order valence-electron chi connectivity index (χ1n) is 11.4. The highest BCUT2D eigenvalue weighted by Crippen LogP contribution is 2.35. The van der Waals surface area contributed by atoms with E-state index >= 15 is 0 Å². The summed E-state index contributed by atoms with van der Waals surface area (Å²) in [6, 6.07) is 12.3. The molecule has 0 saturated carbocycles. The molecular weight excluding hydrogens is 392 g/mol. The van der Waals surface area contributed by atoms with Crippen molar-refractivity contribution in [3.8, 4) is 17.2 Å². The lowest BCUT2D eigenvalue weighted by molar-refractivity contribution is 0.0984. The van der Waals surface area contributed by atoms with Crippen molar-refractivity contribution in [3.05, 3.63) is 48.0 Å². The third-order valence-electron chi connectivity index (χ3n) is 6.03. The molecule has 2 aromatic rings. The van der Waals surface area contributed by atoms with Gasteiger partial charge in [0.1, 0.15) is 23.4 Å². The normalized spacial score (nSPS) is 17.5. The van der Waals surface area contributed by atoms with E-state index in [0.29, 0.717) is 30.2 Å². The number of nitrogens with zero attached hydrogens (tertiary/aromatic N) is 2. The van der Waals surface area contributed by atoms with E-state index in [1.807, 2.05) is 24.3 Å². The predicted octanol–water partition coefficient (Wildman–Crippen LogP) is 4.46. The van der Waals surface area contributed by atoms with Crippen LogP contribution in [0.3, 0.4) is 0 Å². The molecule has 0 radical (unpaired) electrons. The van der Waals surface area contributed by atoms with E-state index in [4.69, 9.17) is 9.47 Å². The van der Waals surface area contributed by atoms with Gasteiger partial charge in [0.15, 0.2) is 0 Å². The lowest BCUT2D eigenvalue weighted by atomic mass is 10.1. The standard InChI is InChI=1S/C25H32N2O4/c1-2-3-13-26-15-11-22(12-16-26)31-21-8-5-19(6-9-21)25(29)27-14-4-17-30-24-18-20(28)7-10-23(24)27/h5-10,18,22,28H,2-4,11-17H2,1H3. The lowest BCUT2D eigenvalue weighted by Crippen LogP contribution is -2.38. The molecule has 1 amide bonds. The Morgan fingerprint density at radius 3 is 2.65 bits per heavy atom. The van der Waals surface area contributed by atoms with Gasteiger partial charge in [0.05, 0.1) is 12.3 Å². The number of unbranched alkanes of at least 4 members (excludes halogenated alkanes) is 1. The molecule has 0 unspecified atom stereocenters. The molecule has 2 heterocycles. The van der Waals surface area contributed by atoms with Crippen molar-refractivity contribution in [1.82, 2.24) is 4.90 Å². The van der Waals surface area contributed by atoms with Crippen LogP contribution in [0.4, 0.5) is 5.69 Å². The molecule has 2 aliphatic rings. The maximum atomic E-state index is 13.2. The molecule has 0 bridgehead atoms. The van der Waals surface area contributed by atoms with Gasteiger partial charge in [-0.1, -0.05) is 13.3 Å². The summed E-state index contributed by atoms with van der Waals surface area (Å²) < 4.78 is 11.9. The summed E-state index contributed by atoms with van der Waals surface area (Å²) in [6.07, 6.45) is 5.56. The summed E-state index contributed by atoms with van der Waals surface area (Å²) in [4.78, 5) is 17.4. The average Bonchev–Trinajstić information content (AvgIpc) is 3.00. The monoisotopic (exact) mass is 424 g/mol. The number of ether oxygens (including phenoxy) is 2. The number of phenolic OH excluding ortho intramolecular Hbond substituents is 1. The van der Waals surface area contributed by atoms with Gasteiger partial charge < -0.3 is 24.4 Å². The number of likely N-dealkylation sites (tertiary alicyclic amines) is 1. The fraction of sp³-hybridized carbons (Fsp3) is 0.480. The van der Waals surface area contributed by atoms with Gasteiger partial charge in [-0.25, -0.2) is 0 Å². The van der Waals surface area contributed by atoms with Crippen LogP contribution in [0.15, 0.2) is 42.5 Å². The van der Waals surface area contributed by atoms with Crippen LogP contribution < -0.4 is 14.4 Å². The quantitative estimate of drug-likeness (QED) is 0.742. The van der Waals surface area contributed by atoms with Crippen LogP contribution in [0.25, 0.3) is 0 Å². The van der Waals surface area contributed by atoms with E-state index in [1.165, 1.54) is 19.4 Å². The number of rotatable bonds is 6. The first-order chi connectivity index (χ1) is 15.1. The highest BCUT2D eigenvalue weighted by atomic mass is 16.5. The van der Waals surface area contributed by atoms with Gasteiger partial charge in [-0.15, -0.1) is 0 Å². The molecule has 0 aromatic heterocycles. The third kappa shape index (κ3) is 5.31. The van der Waals surface area contributed by atoms with Crippen molar-refractivity contribution in [2.75, 3.05) is 37.7 Å². The molecule has 2 aliphatic heterocycles. The van der Waals surface area contributed by atoms with Crippen LogP contribution in [0.5, 0.6) is 17.2 Å². The van der Waals surface area contributed by atoms with Crippen LogP contribution in [0.1, 0.15) is 49.4 Å². The Hall–Kier alpha value is -2.73. The summed E-state index contributed by atoms with van der Waals surface area (Å²) in [7, 11) is 0. The molecule has 6 heteroatoms. The Balaban J connectivity index is 1.38. The van der Waals surface area contributed by atoms with Crippen molar-refractivity contribution < 1.29 is 19.4 Å². The summed E-state index contributed by atoms with van der Waals surface area (Å²) in [5.74, 6) is 1.41. The van der Waals surface area contributed by atoms with Crippen LogP contribution >= 0.6 is 0 Å². The van der Waals surface area contributed by atoms with E-state index in [9.17, 15) is 9.90 Å². The Labute approximate surface area is 184 Å². The number of phenols is 1. The second-order valence-corrected chi connectivity index (χ2v) is 8.35. The van der Waals surface area contributed by atoms with Crippen LogP contribution in [0.2, 0.25) is 0 Å². The molecule has 1 N–H and O–H groups in total. The second-order valence-electron chi connectivity index (χ2n) is 8.35. The van der Waals surface area contributed by atoms with Gasteiger partial charge in [-0.05, 0) is 68.6 Å². The van der Waals surface area contributed by atoms with Gasteiger partial charge in [-0.3, -0.25) is 4.79 Å². The number of anilines is 1. The molecule has 1 saturated heterocycles. The number of carbonyl (C=O) groups excluding carboxylic acids is 1. The van der Waals surface area contributed by atoms with Gasteiger partial charge in [0, 0.05) is 31.3 Å². The molecule has 166 valence electrons. The fourth-order valence-electron chi connectivity index (χ4n) is 4.23. The Morgan fingerprint density at radius 1 is 1.13 bits per heavy atom. The van der Waals surface area contributed by atoms with E-state index < -0.39 is 0 Å². The molecule has 4 rings (SSSR count). The zero-order valence-electron chi connectivity index (χ0n) is 18.3. The zero-order valence-corrected chi connectivity index (χ0v) is 18.3. The number of hydrogen-bond acceptors (Lipinski definition) is 5. The first-order valence-corrected chi connectivity index (χ1v) is 11.4. The minimum absolute atomic E-state index is 0.0757. The van der Waals surface area contributed by atoms with Gasteiger partial charge >= 0.3 is 0 Å². The molecule has 0 aliphatic carbocycles. The molecular formula is C25H32N2O4. The average molecular weight is 425 g/mol. The lowest BCUT2D eigenvalue weighted by Gasteiger charge is -2.32. The minimum Gasteiger partial charge on any atom is -0.508 e. The Kier molecular flexibility index (Phi) is 6.97. The zero-order chi connectivity index (χ0) is 21.6. The van der Waals surface area contributed by atoms with Crippen molar-refractivity contribution in [3.63, 3.8) is 0 Å². The summed E-state index contributed by atoms with van der Waals surface area (Å²) in [6.45, 7) is 6.69. The maximum absolute atomic E-state index is 13.2. The molecule has 1 fully saturated rings. The summed E-state index contributed by atoms with van der Waals surface area (Å²) in [5.41, 5.74) is 1.30. The predicted molar refractivity (Wildman–Crippen MR) is 121 cm³/mol. The first kappa shape index (κ1) is 21.5. The van der Waals surface area contributed by atoms with E-state index in [2.05, 4.69) is 11.8 Å². The van der Waals surface area contributed by atoms with Gasteiger partial charge in [0.2, 0.25) is 0 Å². The number of aromatic hydroxyl groups is 1. The van der Waals surface area contributed by atoms with Gasteiger partial charge in [0.25, 0.3) is 5.91 Å². The van der Waals surface area contributed by atoms with Crippen molar-refractivity contribution in [2.24, 2.45) is 0 Å². The highest BCUT2D eigenvalue weighted by Gasteiger charge is 2.24. The number of carbonyl (C=O) groups is 1. The van der Waals surface area contributed by atoms with Crippen LogP contribution in [-0.4, -0.2) is 54.8 Å². The molecule has 0 atom stereocenters. The van der Waals surface area contributed by atoms with Crippen LogP contribution in [-0.2, 0) is 0 Å². The molecule has 31 heavy (non-hydrogen) atoms. The Morgan fingerprint density at radius 2 is 1.90 bits per heavy atom. The molecule has 0 spiro atoms. The number of fused-ring (bicyclic) bond motifs is 1. The third-order valence-corrected chi connectivity index (χ3v) is 6.03. The van der Waals surface area contributed by atoms with Gasteiger partial charge in [-0.2, -0.15) is 0 Å². The van der Waals surface area contributed by atoms with Crippen molar-refractivity contribution in [1.29, 1.82) is 0 Å². The van der Waals surface area contributed by atoms with E-state index in [-0.39, 0.29) is 17.8 Å². The van der Waals surface area contributed by atoms with Crippen LogP contribution in [0, 0.1) is 0 Å². The van der Waals surface area contributed by atoms with E-state index in [0.717, 1.165) is 38.1 Å². The smallest absolute Gasteiger partial charge is 0.258 e. The number of benzene rings is 2. The minimum atomic E-state index is -0.0757. The number of piperidine rings is 1. The largest absolute Gasteiger partial charge is 0.508 e. The summed E-state index contributed by atoms with van der Waals surface area (Å²) >= 11 is 0. The fourth-order valence-corrected chi connectivity index (χ4v) is 4.23. The number of hydrogen-bond donors (Lipinski definition) is 1. The maximum Gasteiger partial charge on any atom is 0.258 e. The molecule has 2 aromatic carbocycles. The SMILES string of the molecule is CCCCN1CCC(Oc2ccc(C(=O)N3CCCOc4cc(O)ccc43)cc2)CC1. The van der Waals surface area contributed by atoms with E-state index in [1.54, 1.807) is 23.1 Å². The second kappa shape index (κ2) is 10.1.